The molecule has 12 heteroatoms. The van der Waals surface area contributed by atoms with Gasteiger partial charge in [0.1, 0.15) is 23.6 Å². The van der Waals surface area contributed by atoms with E-state index in [1.807, 2.05) is 52.0 Å². The molecular weight excluding hydrogens is 626 g/mol. The lowest BCUT2D eigenvalue weighted by Gasteiger charge is -2.33. The predicted octanol–water partition coefficient (Wildman–Crippen LogP) is 2.54. The predicted molar refractivity (Wildman–Crippen MR) is 186 cm³/mol. The van der Waals surface area contributed by atoms with E-state index in [0.29, 0.717) is 44.6 Å². The number of nitrogens with one attached hydrogen (secondary N) is 3. The van der Waals surface area contributed by atoms with Crippen molar-refractivity contribution in [2.24, 2.45) is 16.8 Å². The Morgan fingerprint density at radius 2 is 1.80 bits per heavy atom. The van der Waals surface area contributed by atoms with Gasteiger partial charge < -0.3 is 35.8 Å². The molecule has 0 unspecified atom stereocenters. The van der Waals surface area contributed by atoms with E-state index in [9.17, 15) is 29.4 Å². The molecule has 266 valence electrons. The van der Waals surface area contributed by atoms with Crippen molar-refractivity contribution in [3.63, 3.8) is 0 Å². The van der Waals surface area contributed by atoms with E-state index in [2.05, 4.69) is 20.9 Å². The Kier molecular flexibility index (Phi) is 13.7. The molecule has 0 aliphatic carbocycles. The van der Waals surface area contributed by atoms with Crippen molar-refractivity contribution in [3.05, 3.63) is 59.7 Å². The third kappa shape index (κ3) is 10.6. The molecule has 1 saturated heterocycles. The first-order chi connectivity index (χ1) is 23.5. The lowest BCUT2D eigenvalue weighted by Crippen LogP contribution is -2.58. The summed E-state index contributed by atoms with van der Waals surface area (Å²) in [6.07, 6.45) is 3.01. The number of fused-ring (bicyclic) bond motifs is 11. The fourth-order valence-corrected chi connectivity index (χ4v) is 6.23. The van der Waals surface area contributed by atoms with Gasteiger partial charge in [0.2, 0.25) is 17.7 Å². The molecule has 0 aromatic heterocycles. The number of phenols is 1. The Labute approximate surface area is 288 Å². The summed E-state index contributed by atoms with van der Waals surface area (Å²) >= 11 is 0. The number of carbonyl (C=O) groups is 4. The number of hydrogen-bond acceptors (Lipinski definition) is 8. The number of benzene rings is 2. The van der Waals surface area contributed by atoms with Crippen LogP contribution in [0.25, 0.3) is 0 Å². The number of nitrogens with zero attached hydrogens (tertiary/aromatic N) is 2. The van der Waals surface area contributed by atoms with Crippen LogP contribution >= 0.6 is 0 Å². The number of phenolic OH excluding ortho intramolecular Hbond substituents is 1. The van der Waals surface area contributed by atoms with E-state index in [-0.39, 0.29) is 48.8 Å². The fourth-order valence-electron chi connectivity index (χ4n) is 6.23. The van der Waals surface area contributed by atoms with Gasteiger partial charge in [0.25, 0.3) is 5.91 Å². The monoisotopic (exact) mass is 677 g/mol. The van der Waals surface area contributed by atoms with Crippen molar-refractivity contribution in [1.82, 2.24) is 20.9 Å². The highest BCUT2D eigenvalue weighted by Gasteiger charge is 2.37. The number of ether oxygens (including phenoxy) is 1. The highest BCUT2D eigenvalue weighted by molar-refractivity contribution is 5.93. The normalized spacial score (nSPS) is 21.3. The fraction of sp³-hybridized carbons (Fsp3) is 0.541. The topological polar surface area (TPSA) is 170 Å². The standard InChI is InChI=1S/C37H51N5O7/c1-5-24(4)33-36(47)38-17-7-19-49-28-15-11-26(12-16-28)21-30(35(46)41-33)39-22-31(44)29(20-25-9-13-27(43)14-10-25)40-37(48)34(23(2)3)42-18-6-8-32(42)45/h9-17,23-24,29-31,33-34,39,43-44H,5-8,18-22H2,1-4H3,(H,40,48)(H,41,46)/t24-,29-,30-,31+,33-,34-/m0/s1. The maximum absolute atomic E-state index is 13.8. The lowest BCUT2D eigenvalue weighted by molar-refractivity contribution is -0.139. The molecule has 2 aromatic carbocycles. The minimum absolute atomic E-state index is 0.0684. The van der Waals surface area contributed by atoms with Crippen LogP contribution in [0.1, 0.15) is 64.5 Å². The molecule has 0 saturated carbocycles. The largest absolute Gasteiger partial charge is 0.508 e. The first-order valence-corrected chi connectivity index (χ1v) is 17.3. The number of amides is 4. The number of likely N-dealkylation sites (tertiary alicyclic amines) is 1. The molecule has 4 amide bonds. The number of carbonyl (C=O) groups excluding carboxylic acids is 4. The molecule has 5 N–H and O–H groups in total. The molecule has 0 radical (unpaired) electrons. The van der Waals surface area contributed by atoms with E-state index < -0.39 is 42.1 Å². The lowest BCUT2D eigenvalue weighted by atomic mass is 9.96. The molecule has 2 bridgehead atoms. The van der Waals surface area contributed by atoms with Crippen molar-refractivity contribution in [3.8, 4) is 11.5 Å². The van der Waals surface area contributed by atoms with Gasteiger partial charge in [-0.05, 0) is 66.5 Å². The Balaban J connectivity index is 1.57. The van der Waals surface area contributed by atoms with Crippen molar-refractivity contribution >= 4 is 29.8 Å². The number of aromatic hydroxyl groups is 1. The summed E-state index contributed by atoms with van der Waals surface area (Å²) in [6, 6.07) is 10.7. The Morgan fingerprint density at radius 1 is 1.08 bits per heavy atom. The second-order valence-electron chi connectivity index (χ2n) is 13.4. The quantitative estimate of drug-likeness (QED) is 0.228. The molecule has 12 nitrogen and oxygen atoms in total. The molecule has 6 atom stereocenters. The maximum Gasteiger partial charge on any atom is 0.268 e. The second kappa shape index (κ2) is 17.9. The molecule has 49 heavy (non-hydrogen) atoms. The summed E-state index contributed by atoms with van der Waals surface area (Å²) in [4.78, 5) is 59.0. The molecule has 5 rings (SSSR count). The first-order valence-electron chi connectivity index (χ1n) is 17.3. The molecule has 3 heterocycles. The van der Waals surface area contributed by atoms with Gasteiger partial charge in [-0.1, -0.05) is 58.4 Å². The summed E-state index contributed by atoms with van der Waals surface area (Å²) in [5, 5.41) is 30.6. The van der Waals surface area contributed by atoms with Crippen LogP contribution in [0.2, 0.25) is 0 Å². The van der Waals surface area contributed by atoms with Gasteiger partial charge in [-0.15, -0.1) is 0 Å². The van der Waals surface area contributed by atoms with E-state index in [4.69, 9.17) is 4.74 Å². The van der Waals surface area contributed by atoms with Gasteiger partial charge in [0.05, 0.1) is 24.8 Å². The van der Waals surface area contributed by atoms with Crippen LogP contribution in [0.5, 0.6) is 11.5 Å². The summed E-state index contributed by atoms with van der Waals surface area (Å²) in [5.74, 6) is -0.874. The van der Waals surface area contributed by atoms with Crippen molar-refractivity contribution in [2.45, 2.75) is 96.5 Å². The molecular formula is C37H51N5O7. The smallest absolute Gasteiger partial charge is 0.268 e. The molecule has 3 aliphatic rings. The second-order valence-corrected chi connectivity index (χ2v) is 13.4. The van der Waals surface area contributed by atoms with E-state index in [1.54, 1.807) is 17.0 Å². The van der Waals surface area contributed by atoms with E-state index in [1.165, 1.54) is 18.3 Å². The van der Waals surface area contributed by atoms with Gasteiger partial charge in [-0.25, -0.2) is 4.99 Å². The highest BCUT2D eigenvalue weighted by atomic mass is 16.5. The molecule has 2 aromatic rings. The third-order valence-electron chi connectivity index (χ3n) is 9.29. The Bertz CT molecular complexity index is 1450. The van der Waals surface area contributed by atoms with Crippen LogP contribution in [0.3, 0.4) is 0 Å². The zero-order chi connectivity index (χ0) is 35.5. The third-order valence-corrected chi connectivity index (χ3v) is 9.29. The highest BCUT2D eigenvalue weighted by Crippen LogP contribution is 2.21. The van der Waals surface area contributed by atoms with Gasteiger partial charge in [-0.2, -0.15) is 0 Å². The number of aliphatic hydroxyl groups is 1. The summed E-state index contributed by atoms with van der Waals surface area (Å²) in [7, 11) is 0. The Morgan fingerprint density at radius 3 is 2.43 bits per heavy atom. The minimum Gasteiger partial charge on any atom is -0.508 e. The summed E-state index contributed by atoms with van der Waals surface area (Å²) in [5.41, 5.74) is 1.61. The molecule has 0 spiro atoms. The van der Waals surface area contributed by atoms with E-state index in [0.717, 1.165) is 11.1 Å². The Hall–Kier alpha value is -4.29. The number of rotatable bonds is 12. The average Bonchev–Trinajstić information content (AvgIpc) is 3.49. The van der Waals surface area contributed by atoms with E-state index >= 15 is 0 Å². The summed E-state index contributed by atoms with van der Waals surface area (Å²) in [6.45, 7) is 8.38. The average molecular weight is 678 g/mol. The molecule has 3 aliphatic heterocycles. The van der Waals surface area contributed by atoms with Crippen LogP contribution in [-0.4, -0.2) is 94.9 Å². The summed E-state index contributed by atoms with van der Waals surface area (Å²) < 4.78 is 5.77. The van der Waals surface area contributed by atoms with Crippen molar-refractivity contribution in [2.75, 3.05) is 19.7 Å². The zero-order valence-electron chi connectivity index (χ0n) is 28.9. The maximum atomic E-state index is 13.8. The van der Waals surface area contributed by atoms with Gasteiger partial charge in [-0.3, -0.25) is 19.2 Å². The van der Waals surface area contributed by atoms with Crippen molar-refractivity contribution in [1.29, 1.82) is 0 Å². The number of aliphatic imine (C=N–C) groups is 1. The van der Waals surface area contributed by atoms with Crippen LogP contribution < -0.4 is 20.7 Å². The first kappa shape index (κ1) is 37.5. The van der Waals surface area contributed by atoms with Crippen LogP contribution in [0, 0.1) is 11.8 Å². The van der Waals surface area contributed by atoms with Gasteiger partial charge in [0.15, 0.2) is 0 Å². The van der Waals surface area contributed by atoms with Gasteiger partial charge >= 0.3 is 0 Å². The number of hydrogen-bond donors (Lipinski definition) is 5. The van der Waals surface area contributed by atoms with Crippen LogP contribution in [-0.2, 0) is 32.0 Å². The van der Waals surface area contributed by atoms with Crippen molar-refractivity contribution < 1.29 is 34.1 Å². The van der Waals surface area contributed by atoms with Crippen LogP contribution in [0.15, 0.2) is 53.5 Å². The van der Waals surface area contributed by atoms with Gasteiger partial charge in [0, 0.05) is 32.1 Å². The van der Waals surface area contributed by atoms with Crippen LogP contribution in [0.4, 0.5) is 0 Å². The minimum atomic E-state index is -1.16. The number of aliphatic hydroxyl groups excluding tert-OH is 1. The SMILES string of the molecule is CC[C@H](C)[C@@H]1NC(=O)[C@@H](NC[C@@H](O)[C@H](Cc2ccc(O)cc2)NC(=O)[C@H](C(C)C)N2CCCC2=O)Cc2ccc(cc2)OCCC=NC1=O. The molecule has 1 fully saturated rings. The zero-order valence-corrected chi connectivity index (χ0v) is 28.9.